The number of fused-ring (bicyclic) bond motifs is 1. The van der Waals surface area contributed by atoms with Crippen LogP contribution in [0, 0.1) is 13.8 Å². The van der Waals surface area contributed by atoms with E-state index in [1.54, 1.807) is 0 Å². The van der Waals surface area contributed by atoms with Crippen molar-refractivity contribution in [3.63, 3.8) is 0 Å². The Morgan fingerprint density at radius 2 is 2.07 bits per heavy atom. The average molecular weight is 189 g/mol. The molecule has 0 amide bonds. The van der Waals surface area contributed by atoms with E-state index in [-0.39, 0.29) is 0 Å². The molecular formula is C11H15N3. The van der Waals surface area contributed by atoms with Crippen LogP contribution in [0.15, 0.2) is 12.1 Å². The smallest absolute Gasteiger partial charge is 0.123 e. The van der Waals surface area contributed by atoms with Crippen molar-refractivity contribution in [1.29, 1.82) is 0 Å². The Hall–Kier alpha value is -1.35. The number of nitrogens with zero attached hydrogens (tertiary/aromatic N) is 2. The molecule has 1 heterocycles. The fraction of sp³-hybridized carbons (Fsp3) is 0.364. The number of rotatable bonds is 1. The molecule has 3 heteroatoms. The van der Waals surface area contributed by atoms with Gasteiger partial charge in [-0.25, -0.2) is 4.98 Å². The molecule has 0 spiro atoms. The summed E-state index contributed by atoms with van der Waals surface area (Å²) in [6.07, 6.45) is 0. The number of benzene rings is 1. The average Bonchev–Trinajstić information content (AvgIpc) is 2.50. The molecular weight excluding hydrogens is 174 g/mol. The van der Waals surface area contributed by atoms with Crippen molar-refractivity contribution in [3.8, 4) is 0 Å². The lowest BCUT2D eigenvalue weighted by Gasteiger charge is -2.01. The summed E-state index contributed by atoms with van der Waals surface area (Å²) in [4.78, 5) is 4.53. The molecule has 14 heavy (non-hydrogen) atoms. The monoisotopic (exact) mass is 189 g/mol. The highest BCUT2D eigenvalue weighted by molar-refractivity contribution is 5.80. The zero-order valence-corrected chi connectivity index (χ0v) is 8.83. The second kappa shape index (κ2) is 3.10. The van der Waals surface area contributed by atoms with Gasteiger partial charge >= 0.3 is 0 Å². The van der Waals surface area contributed by atoms with Crippen molar-refractivity contribution in [2.75, 3.05) is 0 Å². The maximum atomic E-state index is 5.62. The molecule has 0 fully saturated rings. The van der Waals surface area contributed by atoms with Gasteiger partial charge in [0.2, 0.25) is 0 Å². The van der Waals surface area contributed by atoms with Gasteiger partial charge in [0.05, 0.1) is 17.6 Å². The predicted octanol–water partition coefficient (Wildman–Crippen LogP) is 1.65. The molecule has 74 valence electrons. The van der Waals surface area contributed by atoms with Crippen molar-refractivity contribution in [2.45, 2.75) is 20.4 Å². The van der Waals surface area contributed by atoms with E-state index in [2.05, 4.69) is 35.5 Å². The van der Waals surface area contributed by atoms with Crippen LogP contribution in [0.3, 0.4) is 0 Å². The van der Waals surface area contributed by atoms with Gasteiger partial charge in [-0.2, -0.15) is 0 Å². The van der Waals surface area contributed by atoms with E-state index in [1.807, 2.05) is 7.05 Å². The fourth-order valence-corrected chi connectivity index (χ4v) is 1.72. The summed E-state index contributed by atoms with van der Waals surface area (Å²) in [5, 5.41) is 0. The Labute approximate surface area is 83.6 Å². The molecule has 0 aliphatic heterocycles. The maximum Gasteiger partial charge on any atom is 0.123 e. The number of aromatic nitrogens is 2. The van der Waals surface area contributed by atoms with Crippen LogP contribution >= 0.6 is 0 Å². The molecule has 0 radical (unpaired) electrons. The Kier molecular flexibility index (Phi) is 2.04. The molecule has 0 aliphatic rings. The topological polar surface area (TPSA) is 43.8 Å². The zero-order chi connectivity index (χ0) is 10.3. The molecule has 1 aromatic heterocycles. The lowest BCUT2D eigenvalue weighted by atomic mass is 10.1. The SMILES string of the molecule is Cc1ccc2c(nc(CN)n2C)c1C. The van der Waals surface area contributed by atoms with Crippen molar-refractivity contribution in [1.82, 2.24) is 9.55 Å². The summed E-state index contributed by atoms with van der Waals surface area (Å²) >= 11 is 0. The van der Waals surface area contributed by atoms with Crippen molar-refractivity contribution < 1.29 is 0 Å². The minimum Gasteiger partial charge on any atom is -0.330 e. The number of hydrogen-bond acceptors (Lipinski definition) is 2. The van der Waals surface area contributed by atoms with E-state index >= 15 is 0 Å². The first-order chi connectivity index (χ1) is 6.65. The molecule has 0 atom stereocenters. The van der Waals surface area contributed by atoms with E-state index in [1.165, 1.54) is 11.1 Å². The third-order valence-electron chi connectivity index (χ3n) is 2.85. The first-order valence-corrected chi connectivity index (χ1v) is 4.76. The molecule has 2 rings (SSSR count). The summed E-state index contributed by atoms with van der Waals surface area (Å²) in [6, 6.07) is 4.23. The van der Waals surface area contributed by atoms with Crippen LogP contribution in [-0.2, 0) is 13.6 Å². The molecule has 0 bridgehead atoms. The molecule has 0 saturated carbocycles. The van der Waals surface area contributed by atoms with Crippen LogP contribution in [0.25, 0.3) is 11.0 Å². The Morgan fingerprint density at radius 3 is 2.71 bits per heavy atom. The summed E-state index contributed by atoms with van der Waals surface area (Å²) in [6.45, 7) is 4.69. The lowest BCUT2D eigenvalue weighted by Crippen LogP contribution is -2.04. The highest BCUT2D eigenvalue weighted by Gasteiger charge is 2.08. The van der Waals surface area contributed by atoms with Crippen LogP contribution in [0.1, 0.15) is 17.0 Å². The predicted molar refractivity (Wildman–Crippen MR) is 58.1 cm³/mol. The van der Waals surface area contributed by atoms with E-state index in [0.717, 1.165) is 16.9 Å². The van der Waals surface area contributed by atoms with E-state index in [0.29, 0.717) is 6.54 Å². The minimum absolute atomic E-state index is 0.490. The van der Waals surface area contributed by atoms with Crippen LogP contribution < -0.4 is 5.73 Å². The third-order valence-corrected chi connectivity index (χ3v) is 2.85. The third kappa shape index (κ3) is 1.13. The van der Waals surface area contributed by atoms with Gasteiger partial charge < -0.3 is 10.3 Å². The first-order valence-electron chi connectivity index (χ1n) is 4.76. The maximum absolute atomic E-state index is 5.62. The highest BCUT2D eigenvalue weighted by Crippen LogP contribution is 2.21. The van der Waals surface area contributed by atoms with Gasteiger partial charge in [0, 0.05) is 7.05 Å². The van der Waals surface area contributed by atoms with Gasteiger partial charge in [0.1, 0.15) is 5.82 Å². The number of aryl methyl sites for hydroxylation is 3. The largest absolute Gasteiger partial charge is 0.330 e. The van der Waals surface area contributed by atoms with E-state index in [9.17, 15) is 0 Å². The van der Waals surface area contributed by atoms with E-state index < -0.39 is 0 Å². The van der Waals surface area contributed by atoms with Crippen LogP contribution in [0.2, 0.25) is 0 Å². The van der Waals surface area contributed by atoms with Gasteiger partial charge in [0.15, 0.2) is 0 Å². The van der Waals surface area contributed by atoms with Crippen molar-refractivity contribution in [2.24, 2.45) is 12.8 Å². The van der Waals surface area contributed by atoms with Gasteiger partial charge in [-0.1, -0.05) is 6.07 Å². The summed E-state index contributed by atoms with van der Waals surface area (Å²) in [7, 11) is 2.01. The van der Waals surface area contributed by atoms with Gasteiger partial charge in [-0.15, -0.1) is 0 Å². The van der Waals surface area contributed by atoms with Crippen LogP contribution in [0.4, 0.5) is 0 Å². The van der Waals surface area contributed by atoms with Gasteiger partial charge in [-0.05, 0) is 31.0 Å². The lowest BCUT2D eigenvalue weighted by molar-refractivity contribution is 0.813. The minimum atomic E-state index is 0.490. The second-order valence-corrected chi connectivity index (χ2v) is 3.67. The normalized spacial score (nSPS) is 11.1. The molecule has 0 unspecified atom stereocenters. The van der Waals surface area contributed by atoms with Gasteiger partial charge in [0.25, 0.3) is 0 Å². The molecule has 1 aromatic carbocycles. The number of hydrogen-bond donors (Lipinski definition) is 1. The number of nitrogens with two attached hydrogens (primary N) is 1. The molecule has 0 saturated heterocycles. The molecule has 2 aromatic rings. The van der Waals surface area contributed by atoms with Crippen LogP contribution in [-0.4, -0.2) is 9.55 Å². The van der Waals surface area contributed by atoms with Crippen molar-refractivity contribution in [3.05, 3.63) is 29.1 Å². The Balaban J connectivity index is 2.85. The van der Waals surface area contributed by atoms with Crippen LogP contribution in [0.5, 0.6) is 0 Å². The van der Waals surface area contributed by atoms with E-state index in [4.69, 9.17) is 5.73 Å². The molecule has 0 aliphatic carbocycles. The Morgan fingerprint density at radius 1 is 1.36 bits per heavy atom. The highest BCUT2D eigenvalue weighted by atomic mass is 15.1. The second-order valence-electron chi connectivity index (χ2n) is 3.67. The fourth-order valence-electron chi connectivity index (χ4n) is 1.72. The van der Waals surface area contributed by atoms with Gasteiger partial charge in [-0.3, -0.25) is 0 Å². The summed E-state index contributed by atoms with van der Waals surface area (Å²) in [5.74, 6) is 0.939. The standard InChI is InChI=1S/C11H15N3/c1-7-4-5-9-11(8(7)2)13-10(6-12)14(9)3/h4-5H,6,12H2,1-3H3. The molecule has 3 nitrogen and oxygen atoms in total. The Bertz CT molecular complexity index is 483. The molecule has 2 N–H and O–H groups in total. The van der Waals surface area contributed by atoms with Crippen molar-refractivity contribution >= 4 is 11.0 Å². The zero-order valence-electron chi connectivity index (χ0n) is 8.83. The summed E-state index contributed by atoms with van der Waals surface area (Å²) in [5.41, 5.74) is 10.4. The summed E-state index contributed by atoms with van der Waals surface area (Å²) < 4.78 is 2.06. The first kappa shape index (κ1) is 9.21. The quantitative estimate of drug-likeness (QED) is 0.741. The number of imidazole rings is 1.